The van der Waals surface area contributed by atoms with Crippen LogP contribution in [0, 0.1) is 5.82 Å². The molecule has 1 saturated heterocycles. The van der Waals surface area contributed by atoms with E-state index in [0.717, 1.165) is 0 Å². The Labute approximate surface area is 149 Å². The van der Waals surface area contributed by atoms with E-state index in [9.17, 15) is 14.0 Å². The zero-order valence-corrected chi connectivity index (χ0v) is 14.7. The van der Waals surface area contributed by atoms with Crippen molar-refractivity contribution in [2.45, 2.75) is 12.3 Å². The van der Waals surface area contributed by atoms with Crippen LogP contribution in [0.25, 0.3) is 0 Å². The lowest BCUT2D eigenvalue weighted by molar-refractivity contribution is -0.128. The molecule has 1 aromatic carbocycles. The van der Waals surface area contributed by atoms with E-state index in [0.29, 0.717) is 31.0 Å². The molecule has 2 aromatic rings. The van der Waals surface area contributed by atoms with Gasteiger partial charge < -0.3 is 14.2 Å². The second-order valence-corrected chi connectivity index (χ2v) is 6.70. The lowest BCUT2D eigenvalue weighted by Gasteiger charge is -2.28. The molecule has 2 amide bonds. The summed E-state index contributed by atoms with van der Waals surface area (Å²) in [5, 5.41) is -0.355. The number of rotatable bonds is 6. The van der Waals surface area contributed by atoms with Gasteiger partial charge in [0, 0.05) is 25.2 Å². The molecule has 5 nitrogen and oxygen atoms in total. The molecule has 0 aliphatic carbocycles. The van der Waals surface area contributed by atoms with Crippen molar-refractivity contribution in [2.24, 2.45) is 0 Å². The van der Waals surface area contributed by atoms with Crippen molar-refractivity contribution in [2.75, 3.05) is 25.4 Å². The van der Waals surface area contributed by atoms with Crippen LogP contribution in [0.2, 0.25) is 0 Å². The quantitative estimate of drug-likeness (QED) is 0.792. The van der Waals surface area contributed by atoms with Crippen molar-refractivity contribution < 1.29 is 18.4 Å². The molecule has 1 atom stereocenters. The largest absolute Gasteiger partial charge is 0.459 e. The number of thioether (sulfide) groups is 1. The van der Waals surface area contributed by atoms with Crippen LogP contribution in [0.4, 0.5) is 4.39 Å². The fourth-order valence-electron chi connectivity index (χ4n) is 2.82. The van der Waals surface area contributed by atoms with Gasteiger partial charge >= 0.3 is 0 Å². The molecule has 0 radical (unpaired) electrons. The molecule has 0 saturated carbocycles. The monoisotopic (exact) mass is 362 g/mol. The van der Waals surface area contributed by atoms with Crippen molar-refractivity contribution in [3.05, 3.63) is 59.8 Å². The molecule has 0 bridgehead atoms. The number of hydrogen-bond acceptors (Lipinski definition) is 4. The number of nitrogens with zero attached hydrogens (tertiary/aromatic N) is 2. The number of benzene rings is 1. The Kier molecular flexibility index (Phi) is 5.43. The minimum absolute atomic E-state index is 0.0419. The number of furan rings is 1. The predicted molar refractivity (Wildman–Crippen MR) is 93.6 cm³/mol. The van der Waals surface area contributed by atoms with Gasteiger partial charge in [0.25, 0.3) is 5.91 Å². The van der Waals surface area contributed by atoms with Crippen LogP contribution in [-0.2, 0) is 4.79 Å². The smallest absolute Gasteiger partial charge is 0.289 e. The first-order valence-corrected chi connectivity index (χ1v) is 9.15. The van der Waals surface area contributed by atoms with E-state index in [1.54, 1.807) is 40.1 Å². The lowest BCUT2D eigenvalue weighted by atomic mass is 10.2. The zero-order chi connectivity index (χ0) is 17.8. The standard InChI is InChI=1S/C18H19FN2O3S/c1-2-20(17(23)15-8-5-11-24-15)9-10-21-16(22)12-25-18(21)13-6-3-4-7-14(13)19/h3-8,11,18H,2,9-10,12H2,1H3/t18-/m0/s1. The molecule has 1 fully saturated rings. The predicted octanol–water partition coefficient (Wildman–Crippen LogP) is 3.16. The lowest BCUT2D eigenvalue weighted by Crippen LogP contribution is -2.40. The Morgan fingerprint density at radius 2 is 2.16 bits per heavy atom. The summed E-state index contributed by atoms with van der Waals surface area (Å²) >= 11 is 1.41. The maximum Gasteiger partial charge on any atom is 0.289 e. The zero-order valence-electron chi connectivity index (χ0n) is 13.9. The van der Waals surface area contributed by atoms with Crippen LogP contribution in [0.1, 0.15) is 28.4 Å². The fraction of sp³-hybridized carbons (Fsp3) is 0.333. The molecule has 3 rings (SSSR count). The van der Waals surface area contributed by atoms with Crippen molar-refractivity contribution in [1.29, 1.82) is 0 Å². The van der Waals surface area contributed by atoms with E-state index in [-0.39, 0.29) is 28.8 Å². The summed E-state index contributed by atoms with van der Waals surface area (Å²) in [7, 11) is 0. The maximum atomic E-state index is 14.1. The summed E-state index contributed by atoms with van der Waals surface area (Å²) in [5.74, 6) is 0.0133. The number of hydrogen-bond donors (Lipinski definition) is 0. The van der Waals surface area contributed by atoms with E-state index in [4.69, 9.17) is 4.42 Å². The number of halogens is 1. The number of carbonyl (C=O) groups is 2. The minimum atomic E-state index is -0.355. The van der Waals surface area contributed by atoms with E-state index in [1.165, 1.54) is 24.1 Å². The van der Waals surface area contributed by atoms with E-state index < -0.39 is 0 Å². The molecule has 0 unspecified atom stereocenters. The fourth-order valence-corrected chi connectivity index (χ4v) is 4.06. The highest BCUT2D eigenvalue weighted by atomic mass is 32.2. The normalized spacial score (nSPS) is 17.1. The van der Waals surface area contributed by atoms with Crippen LogP contribution >= 0.6 is 11.8 Å². The summed E-state index contributed by atoms with van der Waals surface area (Å²) in [6.07, 6.45) is 1.45. The summed E-state index contributed by atoms with van der Waals surface area (Å²) in [6.45, 7) is 3.09. The molecule has 0 spiro atoms. The van der Waals surface area contributed by atoms with Gasteiger partial charge in [0.15, 0.2) is 5.76 Å². The Balaban J connectivity index is 1.70. The van der Waals surface area contributed by atoms with E-state index in [1.807, 2.05) is 6.92 Å². The molecule has 7 heteroatoms. The summed E-state index contributed by atoms with van der Waals surface area (Å²) in [5.41, 5.74) is 0.499. The maximum absolute atomic E-state index is 14.1. The van der Waals surface area contributed by atoms with Gasteiger partial charge in [-0.15, -0.1) is 11.8 Å². The Hall–Kier alpha value is -2.28. The first kappa shape index (κ1) is 17.5. The van der Waals surface area contributed by atoms with Gasteiger partial charge in [-0.05, 0) is 25.1 Å². The van der Waals surface area contributed by atoms with Gasteiger partial charge in [-0.3, -0.25) is 9.59 Å². The van der Waals surface area contributed by atoms with Crippen molar-refractivity contribution >= 4 is 23.6 Å². The average molecular weight is 362 g/mol. The molecule has 0 N–H and O–H groups in total. The van der Waals surface area contributed by atoms with Gasteiger partial charge in [0.2, 0.25) is 5.91 Å². The molecule has 132 valence electrons. The third-order valence-corrected chi connectivity index (χ3v) is 5.39. The number of likely N-dealkylation sites (N-methyl/N-ethyl adjacent to an activating group) is 1. The number of amides is 2. The molecule has 1 aliphatic heterocycles. The second kappa shape index (κ2) is 7.74. The first-order valence-electron chi connectivity index (χ1n) is 8.10. The third kappa shape index (κ3) is 3.71. The molecular weight excluding hydrogens is 343 g/mol. The van der Waals surface area contributed by atoms with Crippen LogP contribution in [0.5, 0.6) is 0 Å². The van der Waals surface area contributed by atoms with Crippen LogP contribution in [0.15, 0.2) is 47.1 Å². The van der Waals surface area contributed by atoms with Crippen molar-refractivity contribution in [3.8, 4) is 0 Å². The molecule has 2 heterocycles. The summed E-state index contributed by atoms with van der Waals surface area (Å²) < 4.78 is 19.2. The topological polar surface area (TPSA) is 53.8 Å². The van der Waals surface area contributed by atoms with Gasteiger partial charge in [0.1, 0.15) is 11.2 Å². The van der Waals surface area contributed by atoms with Gasteiger partial charge in [0.05, 0.1) is 12.0 Å². The molecule has 1 aliphatic rings. The van der Waals surface area contributed by atoms with E-state index in [2.05, 4.69) is 0 Å². The van der Waals surface area contributed by atoms with Gasteiger partial charge in [-0.1, -0.05) is 18.2 Å². The highest BCUT2D eigenvalue weighted by molar-refractivity contribution is 8.00. The van der Waals surface area contributed by atoms with Crippen molar-refractivity contribution in [3.63, 3.8) is 0 Å². The molecular formula is C18H19FN2O3S. The first-order chi connectivity index (χ1) is 12.1. The van der Waals surface area contributed by atoms with Gasteiger partial charge in [-0.25, -0.2) is 4.39 Å². The van der Waals surface area contributed by atoms with Crippen LogP contribution in [-0.4, -0.2) is 47.0 Å². The number of carbonyl (C=O) groups excluding carboxylic acids is 2. The second-order valence-electron chi connectivity index (χ2n) is 5.63. The molecule has 1 aromatic heterocycles. The summed E-state index contributed by atoms with van der Waals surface area (Å²) in [6, 6.07) is 9.77. The van der Waals surface area contributed by atoms with Crippen LogP contribution < -0.4 is 0 Å². The Morgan fingerprint density at radius 1 is 1.36 bits per heavy atom. The average Bonchev–Trinajstić information content (AvgIpc) is 3.26. The van der Waals surface area contributed by atoms with Gasteiger partial charge in [-0.2, -0.15) is 0 Å². The Bertz CT molecular complexity index is 751. The van der Waals surface area contributed by atoms with Crippen LogP contribution in [0.3, 0.4) is 0 Å². The summed E-state index contributed by atoms with van der Waals surface area (Å²) in [4.78, 5) is 27.9. The SMILES string of the molecule is CCN(CCN1C(=O)CS[C@H]1c1ccccc1F)C(=O)c1ccco1. The molecule has 25 heavy (non-hydrogen) atoms. The highest BCUT2D eigenvalue weighted by Gasteiger charge is 2.34. The van der Waals surface area contributed by atoms with E-state index >= 15 is 0 Å². The third-order valence-electron chi connectivity index (χ3n) is 4.15. The Morgan fingerprint density at radius 3 is 2.84 bits per heavy atom. The highest BCUT2D eigenvalue weighted by Crippen LogP contribution is 2.39. The minimum Gasteiger partial charge on any atom is -0.459 e. The van der Waals surface area contributed by atoms with Crippen molar-refractivity contribution in [1.82, 2.24) is 9.80 Å².